The number of carbonyl (C=O) groups is 1. The second kappa shape index (κ2) is 6.82. The quantitative estimate of drug-likeness (QED) is 0.817. The van der Waals surface area contributed by atoms with Gasteiger partial charge in [0, 0.05) is 6.04 Å². The number of carbonyl (C=O) groups excluding carboxylic acids is 1. The van der Waals surface area contributed by atoms with Gasteiger partial charge in [0.2, 0.25) is 5.89 Å². The molecule has 0 aromatic carbocycles. The Hall–Kier alpha value is -2.70. The van der Waals surface area contributed by atoms with Crippen LogP contribution in [0.5, 0.6) is 0 Å². The molecule has 1 aliphatic carbocycles. The van der Waals surface area contributed by atoms with E-state index in [4.69, 9.17) is 10.2 Å². The summed E-state index contributed by atoms with van der Waals surface area (Å²) in [6, 6.07) is 0.128. The second-order valence-corrected chi connectivity index (χ2v) is 6.02. The SMILES string of the molecule is C=CC[C@H]1CCC[C@H]1NC(=O)c1nc(C)c(-c2ncco2)nc1N. The summed E-state index contributed by atoms with van der Waals surface area (Å²) >= 11 is 0. The monoisotopic (exact) mass is 327 g/mol. The highest BCUT2D eigenvalue weighted by atomic mass is 16.3. The Morgan fingerprint density at radius 1 is 1.50 bits per heavy atom. The highest BCUT2D eigenvalue weighted by molar-refractivity contribution is 5.96. The molecular formula is C17H21N5O2. The van der Waals surface area contributed by atoms with Crippen LogP contribution in [0, 0.1) is 12.8 Å². The number of nitrogens with one attached hydrogen (secondary N) is 1. The Morgan fingerprint density at radius 2 is 2.33 bits per heavy atom. The third-order valence-electron chi connectivity index (χ3n) is 4.39. The van der Waals surface area contributed by atoms with Crippen molar-refractivity contribution in [3.05, 3.63) is 36.5 Å². The van der Waals surface area contributed by atoms with Crippen molar-refractivity contribution in [1.29, 1.82) is 0 Å². The summed E-state index contributed by atoms with van der Waals surface area (Å²) in [5.41, 5.74) is 7.08. The predicted octanol–water partition coefficient (Wildman–Crippen LogP) is 2.50. The van der Waals surface area contributed by atoms with Gasteiger partial charge < -0.3 is 15.5 Å². The third kappa shape index (κ3) is 3.15. The first-order valence-electron chi connectivity index (χ1n) is 8.06. The fraction of sp³-hybridized carbons (Fsp3) is 0.412. The average Bonchev–Trinajstić information content (AvgIpc) is 3.22. The van der Waals surface area contributed by atoms with Crippen LogP contribution >= 0.6 is 0 Å². The number of hydrogen-bond acceptors (Lipinski definition) is 6. The minimum atomic E-state index is -0.289. The number of hydrogen-bond donors (Lipinski definition) is 2. The molecule has 2 aromatic rings. The molecule has 0 bridgehead atoms. The number of nitrogen functional groups attached to an aromatic ring is 1. The van der Waals surface area contributed by atoms with Gasteiger partial charge in [-0.15, -0.1) is 6.58 Å². The lowest BCUT2D eigenvalue weighted by atomic mass is 9.99. The Bertz CT molecular complexity index is 742. The van der Waals surface area contributed by atoms with Gasteiger partial charge in [-0.05, 0) is 32.1 Å². The number of amides is 1. The van der Waals surface area contributed by atoms with Crippen molar-refractivity contribution < 1.29 is 9.21 Å². The van der Waals surface area contributed by atoms with Crippen molar-refractivity contribution in [1.82, 2.24) is 20.3 Å². The van der Waals surface area contributed by atoms with E-state index in [-0.39, 0.29) is 23.5 Å². The van der Waals surface area contributed by atoms with Gasteiger partial charge in [-0.2, -0.15) is 0 Å². The van der Waals surface area contributed by atoms with E-state index in [1.165, 1.54) is 12.5 Å². The number of allylic oxidation sites excluding steroid dienone is 1. The van der Waals surface area contributed by atoms with Crippen LogP contribution in [0.3, 0.4) is 0 Å². The van der Waals surface area contributed by atoms with E-state index in [9.17, 15) is 4.79 Å². The van der Waals surface area contributed by atoms with Crippen molar-refractivity contribution in [2.75, 3.05) is 5.73 Å². The largest absolute Gasteiger partial charge is 0.443 e. The molecular weight excluding hydrogens is 306 g/mol. The van der Waals surface area contributed by atoms with Gasteiger partial charge in [0.1, 0.15) is 12.0 Å². The fourth-order valence-electron chi connectivity index (χ4n) is 3.20. The van der Waals surface area contributed by atoms with E-state index in [1.54, 1.807) is 6.92 Å². The van der Waals surface area contributed by atoms with E-state index in [2.05, 4.69) is 26.8 Å². The highest BCUT2D eigenvalue weighted by Crippen LogP contribution is 2.29. The summed E-state index contributed by atoms with van der Waals surface area (Å²) in [6.07, 6.45) is 8.94. The molecule has 3 rings (SSSR count). The molecule has 2 aromatic heterocycles. The molecule has 0 unspecified atom stereocenters. The summed E-state index contributed by atoms with van der Waals surface area (Å²) in [4.78, 5) is 25.2. The van der Waals surface area contributed by atoms with Gasteiger partial charge in [0.25, 0.3) is 5.91 Å². The molecule has 24 heavy (non-hydrogen) atoms. The average molecular weight is 327 g/mol. The summed E-state index contributed by atoms with van der Waals surface area (Å²) in [7, 11) is 0. The number of nitrogens with two attached hydrogens (primary N) is 1. The van der Waals surface area contributed by atoms with Crippen LogP contribution in [0.25, 0.3) is 11.6 Å². The molecule has 2 atom stereocenters. The molecule has 0 saturated heterocycles. The zero-order valence-electron chi connectivity index (χ0n) is 13.7. The molecule has 7 nitrogen and oxygen atoms in total. The maximum absolute atomic E-state index is 12.6. The Kier molecular flexibility index (Phi) is 4.59. The lowest BCUT2D eigenvalue weighted by Gasteiger charge is -2.20. The summed E-state index contributed by atoms with van der Waals surface area (Å²) in [5, 5.41) is 3.04. The first-order valence-corrected chi connectivity index (χ1v) is 8.06. The lowest BCUT2D eigenvalue weighted by molar-refractivity contribution is 0.0923. The van der Waals surface area contributed by atoms with Crippen LogP contribution in [-0.2, 0) is 0 Å². The first kappa shape index (κ1) is 16.2. The number of anilines is 1. The molecule has 1 saturated carbocycles. The zero-order valence-corrected chi connectivity index (χ0v) is 13.7. The molecule has 3 N–H and O–H groups in total. The summed E-state index contributed by atoms with van der Waals surface area (Å²) in [5.74, 6) is 0.543. The van der Waals surface area contributed by atoms with Crippen molar-refractivity contribution >= 4 is 11.7 Å². The minimum absolute atomic E-state index is 0.0737. The van der Waals surface area contributed by atoms with Crippen molar-refractivity contribution in [3.8, 4) is 11.6 Å². The van der Waals surface area contributed by atoms with E-state index in [0.29, 0.717) is 23.2 Å². The second-order valence-electron chi connectivity index (χ2n) is 6.02. The van der Waals surface area contributed by atoms with Gasteiger partial charge in [0.15, 0.2) is 11.5 Å². The molecule has 0 aliphatic heterocycles. The highest BCUT2D eigenvalue weighted by Gasteiger charge is 2.29. The van der Waals surface area contributed by atoms with Gasteiger partial charge >= 0.3 is 0 Å². The molecule has 2 heterocycles. The van der Waals surface area contributed by atoms with Crippen LogP contribution < -0.4 is 11.1 Å². The summed E-state index contributed by atoms with van der Waals surface area (Å²) in [6.45, 7) is 5.53. The van der Waals surface area contributed by atoms with E-state index in [0.717, 1.165) is 25.7 Å². The Balaban J connectivity index is 1.80. The molecule has 0 radical (unpaired) electrons. The zero-order chi connectivity index (χ0) is 17.1. The van der Waals surface area contributed by atoms with E-state index >= 15 is 0 Å². The van der Waals surface area contributed by atoms with Crippen molar-refractivity contribution in [2.45, 2.75) is 38.6 Å². The number of aryl methyl sites for hydroxylation is 1. The maximum Gasteiger partial charge on any atom is 0.273 e. The normalized spacial score (nSPS) is 20.0. The number of rotatable bonds is 5. The van der Waals surface area contributed by atoms with E-state index < -0.39 is 0 Å². The molecule has 126 valence electrons. The van der Waals surface area contributed by atoms with Crippen LogP contribution in [0.2, 0.25) is 0 Å². The topological polar surface area (TPSA) is 107 Å². The molecule has 7 heteroatoms. The Labute approximate surface area is 140 Å². The predicted molar refractivity (Wildman–Crippen MR) is 90.1 cm³/mol. The molecule has 1 aliphatic rings. The van der Waals surface area contributed by atoms with Crippen molar-refractivity contribution in [3.63, 3.8) is 0 Å². The lowest BCUT2D eigenvalue weighted by Crippen LogP contribution is -2.38. The van der Waals surface area contributed by atoms with Crippen LogP contribution in [-0.4, -0.2) is 26.9 Å². The van der Waals surface area contributed by atoms with Gasteiger partial charge in [-0.3, -0.25) is 4.79 Å². The van der Waals surface area contributed by atoms with Gasteiger partial charge in [-0.1, -0.05) is 12.5 Å². The number of oxazole rings is 1. The molecule has 1 fully saturated rings. The van der Waals surface area contributed by atoms with Crippen LogP contribution in [0.15, 0.2) is 29.5 Å². The molecule has 1 amide bonds. The maximum atomic E-state index is 12.6. The Morgan fingerprint density at radius 3 is 3.04 bits per heavy atom. The van der Waals surface area contributed by atoms with Gasteiger partial charge in [0.05, 0.1) is 11.9 Å². The third-order valence-corrected chi connectivity index (χ3v) is 4.39. The fourth-order valence-corrected chi connectivity index (χ4v) is 3.20. The molecule has 0 spiro atoms. The number of nitrogens with zero attached hydrogens (tertiary/aromatic N) is 3. The van der Waals surface area contributed by atoms with Crippen LogP contribution in [0.4, 0.5) is 5.82 Å². The minimum Gasteiger partial charge on any atom is -0.443 e. The number of aromatic nitrogens is 3. The van der Waals surface area contributed by atoms with E-state index in [1.807, 2.05) is 6.08 Å². The standard InChI is InChI=1S/C17H21N5O2/c1-3-5-11-6-4-7-12(11)21-16(23)14-15(18)22-13(10(2)20-14)17-19-8-9-24-17/h3,8-9,11-12H,1,4-7H2,2H3,(H2,18,22)(H,21,23)/t11-,12+/m0/s1. The summed E-state index contributed by atoms with van der Waals surface area (Å²) < 4.78 is 5.23. The van der Waals surface area contributed by atoms with Crippen LogP contribution in [0.1, 0.15) is 41.9 Å². The smallest absolute Gasteiger partial charge is 0.273 e. The first-order chi connectivity index (χ1) is 11.6. The van der Waals surface area contributed by atoms with Gasteiger partial charge in [-0.25, -0.2) is 15.0 Å². The van der Waals surface area contributed by atoms with Crippen molar-refractivity contribution in [2.24, 2.45) is 5.92 Å².